The number of nitrogen functional groups attached to an aromatic ring is 1. The van der Waals surface area contributed by atoms with Crippen molar-refractivity contribution in [1.82, 2.24) is 4.90 Å². The highest BCUT2D eigenvalue weighted by Crippen LogP contribution is 2.23. The summed E-state index contributed by atoms with van der Waals surface area (Å²) in [5, 5.41) is 0. The molecule has 6 heteroatoms. The van der Waals surface area contributed by atoms with Crippen LogP contribution >= 0.6 is 0 Å². The topological polar surface area (TPSA) is 81.9 Å². The highest BCUT2D eigenvalue weighted by Gasteiger charge is 2.30. The van der Waals surface area contributed by atoms with Gasteiger partial charge in [-0.3, -0.25) is 4.79 Å². The zero-order chi connectivity index (χ0) is 17.6. The van der Waals surface area contributed by atoms with Crippen molar-refractivity contribution < 1.29 is 19.1 Å². The fraction of sp³-hybridized carbons (Fsp3) is 0.263. The lowest BCUT2D eigenvalue weighted by Crippen LogP contribution is -2.44. The van der Waals surface area contributed by atoms with Crippen LogP contribution in [0.3, 0.4) is 0 Å². The molecule has 3 rings (SSSR count). The first-order valence-corrected chi connectivity index (χ1v) is 8.13. The second kappa shape index (κ2) is 7.81. The third-order valence-corrected chi connectivity index (χ3v) is 4.02. The van der Waals surface area contributed by atoms with Crippen LogP contribution in [0.15, 0.2) is 54.6 Å². The summed E-state index contributed by atoms with van der Waals surface area (Å²) in [6, 6.07) is 15.4. The van der Waals surface area contributed by atoms with Crippen LogP contribution in [0.1, 0.15) is 22.0 Å². The average Bonchev–Trinajstić information content (AvgIpc) is 2.67. The van der Waals surface area contributed by atoms with Crippen LogP contribution in [0.25, 0.3) is 0 Å². The largest absolute Gasteiger partial charge is 0.444 e. The van der Waals surface area contributed by atoms with Crippen LogP contribution in [0.2, 0.25) is 0 Å². The van der Waals surface area contributed by atoms with E-state index in [1.54, 1.807) is 41.3 Å². The minimum atomic E-state index is -0.982. The quantitative estimate of drug-likeness (QED) is 0.680. The minimum Gasteiger partial charge on any atom is -0.444 e. The zero-order valence-electron chi connectivity index (χ0n) is 13.8. The Hall–Kier alpha value is -2.86. The number of ether oxygens (including phenoxy) is 2. The van der Waals surface area contributed by atoms with Gasteiger partial charge in [0.1, 0.15) is 0 Å². The van der Waals surface area contributed by atoms with Crippen LogP contribution in [0, 0.1) is 0 Å². The number of rotatable bonds is 4. The maximum Gasteiger partial charge on any atom is 0.339 e. The van der Waals surface area contributed by atoms with E-state index >= 15 is 0 Å². The van der Waals surface area contributed by atoms with Gasteiger partial charge in [-0.2, -0.15) is 0 Å². The summed E-state index contributed by atoms with van der Waals surface area (Å²) in [6.45, 7) is 1.95. The molecule has 1 atom stereocenters. The SMILES string of the molecule is Nc1ccc(C(=O)O[C@@H](C(=O)N2CCOCC2)c2ccccc2)cc1. The number of carbonyl (C=O) groups is 2. The van der Waals surface area contributed by atoms with Gasteiger partial charge >= 0.3 is 5.97 Å². The van der Waals surface area contributed by atoms with Crippen molar-refractivity contribution in [2.75, 3.05) is 32.0 Å². The van der Waals surface area contributed by atoms with Crippen molar-refractivity contribution in [3.05, 3.63) is 65.7 Å². The average molecular weight is 340 g/mol. The van der Waals surface area contributed by atoms with Crippen molar-refractivity contribution in [3.63, 3.8) is 0 Å². The Kier molecular flexibility index (Phi) is 5.30. The van der Waals surface area contributed by atoms with Crippen molar-refractivity contribution in [2.24, 2.45) is 0 Å². The number of hydrogen-bond donors (Lipinski definition) is 1. The molecule has 0 unspecified atom stereocenters. The van der Waals surface area contributed by atoms with Crippen molar-refractivity contribution in [2.45, 2.75) is 6.10 Å². The molecule has 2 aromatic carbocycles. The minimum absolute atomic E-state index is 0.238. The maximum atomic E-state index is 12.9. The van der Waals surface area contributed by atoms with Gasteiger partial charge in [0.2, 0.25) is 6.10 Å². The summed E-state index contributed by atoms with van der Waals surface area (Å²) in [6.07, 6.45) is -0.982. The van der Waals surface area contributed by atoms with Crippen molar-refractivity contribution >= 4 is 17.6 Å². The van der Waals surface area contributed by atoms with Gasteiger partial charge in [-0.25, -0.2) is 4.79 Å². The fourth-order valence-electron chi connectivity index (χ4n) is 2.63. The Labute approximate surface area is 146 Å². The molecule has 1 aliphatic rings. The number of nitrogens with two attached hydrogens (primary N) is 1. The molecule has 1 fully saturated rings. The first-order valence-electron chi connectivity index (χ1n) is 8.13. The smallest absolute Gasteiger partial charge is 0.339 e. The molecule has 0 bridgehead atoms. The van der Waals surface area contributed by atoms with Crippen LogP contribution in [0.4, 0.5) is 5.69 Å². The summed E-state index contributed by atoms with van der Waals surface area (Å²) in [7, 11) is 0. The fourth-order valence-corrected chi connectivity index (χ4v) is 2.63. The van der Waals surface area contributed by atoms with E-state index in [1.165, 1.54) is 0 Å². The number of carbonyl (C=O) groups excluding carboxylic acids is 2. The molecule has 0 aromatic heterocycles. The van der Waals surface area contributed by atoms with E-state index in [0.29, 0.717) is 43.1 Å². The van der Waals surface area contributed by atoms with Gasteiger partial charge in [-0.05, 0) is 24.3 Å². The van der Waals surface area contributed by atoms with E-state index in [-0.39, 0.29) is 5.91 Å². The molecular weight excluding hydrogens is 320 g/mol. The van der Waals surface area contributed by atoms with Gasteiger partial charge in [0, 0.05) is 24.3 Å². The molecule has 1 amide bonds. The molecular formula is C19H20N2O4. The van der Waals surface area contributed by atoms with Crippen LogP contribution in [-0.4, -0.2) is 43.1 Å². The Morgan fingerprint density at radius 1 is 1.00 bits per heavy atom. The van der Waals surface area contributed by atoms with Crippen LogP contribution in [0.5, 0.6) is 0 Å². The molecule has 130 valence electrons. The van der Waals surface area contributed by atoms with Gasteiger partial charge in [0.15, 0.2) is 0 Å². The number of nitrogens with zero attached hydrogens (tertiary/aromatic N) is 1. The lowest BCUT2D eigenvalue weighted by Gasteiger charge is -2.30. The monoisotopic (exact) mass is 340 g/mol. The van der Waals surface area contributed by atoms with E-state index in [9.17, 15) is 9.59 Å². The first kappa shape index (κ1) is 17.0. The zero-order valence-corrected chi connectivity index (χ0v) is 13.8. The van der Waals surface area contributed by atoms with Gasteiger partial charge < -0.3 is 20.1 Å². The van der Waals surface area contributed by atoms with Gasteiger partial charge in [0.05, 0.1) is 18.8 Å². The standard InChI is InChI=1S/C19H20N2O4/c20-16-8-6-15(7-9-16)19(23)25-17(14-4-2-1-3-5-14)18(22)21-10-12-24-13-11-21/h1-9,17H,10-13,20H2/t17-/m1/s1. The predicted octanol–water partition coefficient (Wildman–Crippen LogP) is 2.03. The number of benzene rings is 2. The van der Waals surface area contributed by atoms with E-state index in [2.05, 4.69) is 0 Å². The lowest BCUT2D eigenvalue weighted by atomic mass is 10.1. The lowest BCUT2D eigenvalue weighted by molar-refractivity contribution is -0.145. The molecule has 2 N–H and O–H groups in total. The number of anilines is 1. The summed E-state index contributed by atoms with van der Waals surface area (Å²) in [5.74, 6) is -0.797. The van der Waals surface area contributed by atoms with Crippen LogP contribution in [-0.2, 0) is 14.3 Å². The third-order valence-electron chi connectivity index (χ3n) is 4.02. The molecule has 25 heavy (non-hydrogen) atoms. The molecule has 0 spiro atoms. The highest BCUT2D eigenvalue weighted by molar-refractivity contribution is 5.93. The number of morpholine rings is 1. The normalized spacial score (nSPS) is 15.4. The van der Waals surface area contributed by atoms with E-state index < -0.39 is 12.1 Å². The maximum absolute atomic E-state index is 12.9. The second-order valence-electron chi connectivity index (χ2n) is 5.76. The molecule has 0 radical (unpaired) electrons. The third kappa shape index (κ3) is 4.16. The van der Waals surface area contributed by atoms with Gasteiger partial charge in [0.25, 0.3) is 5.91 Å². The van der Waals surface area contributed by atoms with Gasteiger partial charge in [-0.15, -0.1) is 0 Å². The molecule has 1 aliphatic heterocycles. The summed E-state index contributed by atoms with van der Waals surface area (Å²) in [5.41, 5.74) is 7.19. The Bertz CT molecular complexity index is 725. The molecule has 6 nitrogen and oxygen atoms in total. The van der Waals surface area contributed by atoms with E-state index in [4.69, 9.17) is 15.2 Å². The predicted molar refractivity (Wildman–Crippen MR) is 92.9 cm³/mol. The molecule has 2 aromatic rings. The molecule has 1 saturated heterocycles. The van der Waals surface area contributed by atoms with E-state index in [0.717, 1.165) is 0 Å². The Morgan fingerprint density at radius 3 is 2.28 bits per heavy atom. The number of esters is 1. The molecule has 0 aliphatic carbocycles. The number of hydrogen-bond acceptors (Lipinski definition) is 5. The summed E-state index contributed by atoms with van der Waals surface area (Å²) in [4.78, 5) is 27.0. The Morgan fingerprint density at radius 2 is 1.64 bits per heavy atom. The second-order valence-corrected chi connectivity index (χ2v) is 5.76. The Balaban J connectivity index is 1.82. The van der Waals surface area contributed by atoms with Crippen molar-refractivity contribution in [1.29, 1.82) is 0 Å². The van der Waals surface area contributed by atoms with Gasteiger partial charge in [-0.1, -0.05) is 30.3 Å². The van der Waals surface area contributed by atoms with Crippen LogP contribution < -0.4 is 5.73 Å². The summed E-state index contributed by atoms with van der Waals surface area (Å²) < 4.78 is 10.8. The number of amides is 1. The highest BCUT2D eigenvalue weighted by atomic mass is 16.5. The molecule has 1 heterocycles. The van der Waals surface area contributed by atoms with E-state index in [1.807, 2.05) is 18.2 Å². The molecule has 0 saturated carbocycles. The van der Waals surface area contributed by atoms with Crippen molar-refractivity contribution in [3.8, 4) is 0 Å². The summed E-state index contributed by atoms with van der Waals surface area (Å²) >= 11 is 0. The first-order chi connectivity index (χ1) is 12.1.